The van der Waals surface area contributed by atoms with Gasteiger partial charge in [0.1, 0.15) is 0 Å². The Bertz CT molecular complexity index is 173. The Morgan fingerprint density at radius 1 is 1.33 bits per heavy atom. The molecule has 2 aliphatic rings. The number of hydrogen-bond acceptors (Lipinski definition) is 4. The molecular weight excluding hydrogens is 170 g/mol. The van der Waals surface area contributed by atoms with Crippen LogP contribution in [0.1, 0.15) is 6.42 Å². The number of rotatable bonds is 0. The van der Waals surface area contributed by atoms with Gasteiger partial charge in [0.15, 0.2) is 5.17 Å². The van der Waals surface area contributed by atoms with Crippen molar-refractivity contribution in [3.63, 3.8) is 0 Å². The summed E-state index contributed by atoms with van der Waals surface area (Å²) in [6, 6.07) is 0. The molecule has 0 spiro atoms. The standard InChI is InChI=1S/C8H15N3S/c1-2-9-3-6-11(5-1)8-10-4-7-12-8/h9H,1-7H2. The van der Waals surface area contributed by atoms with E-state index < -0.39 is 0 Å². The number of amidine groups is 1. The Hall–Kier alpha value is -0.220. The summed E-state index contributed by atoms with van der Waals surface area (Å²) in [5.41, 5.74) is 0. The molecule has 0 unspecified atom stereocenters. The zero-order valence-electron chi connectivity index (χ0n) is 7.25. The number of nitrogens with one attached hydrogen (secondary N) is 1. The van der Waals surface area contributed by atoms with Crippen LogP contribution in [0.15, 0.2) is 4.99 Å². The van der Waals surface area contributed by atoms with E-state index in [-0.39, 0.29) is 0 Å². The van der Waals surface area contributed by atoms with E-state index in [1.165, 1.54) is 23.9 Å². The molecule has 68 valence electrons. The average Bonchev–Trinajstić information content (AvgIpc) is 2.48. The highest BCUT2D eigenvalue weighted by Gasteiger charge is 2.16. The molecule has 1 N–H and O–H groups in total. The monoisotopic (exact) mass is 185 g/mol. The van der Waals surface area contributed by atoms with Gasteiger partial charge in [-0.1, -0.05) is 11.8 Å². The SMILES string of the molecule is C1CNCCN(C2=NCCS2)C1. The van der Waals surface area contributed by atoms with Gasteiger partial charge in [0.2, 0.25) is 0 Å². The number of nitrogens with zero attached hydrogens (tertiary/aromatic N) is 2. The number of aliphatic imine (C=N–C) groups is 1. The average molecular weight is 185 g/mol. The van der Waals surface area contributed by atoms with E-state index in [1.54, 1.807) is 0 Å². The Balaban J connectivity index is 1.91. The quantitative estimate of drug-likeness (QED) is 0.591. The fourth-order valence-electron chi connectivity index (χ4n) is 1.55. The molecule has 1 fully saturated rings. The maximum absolute atomic E-state index is 4.48. The molecule has 3 nitrogen and oxygen atoms in total. The summed E-state index contributed by atoms with van der Waals surface area (Å²) in [6.45, 7) is 5.60. The van der Waals surface area contributed by atoms with E-state index in [4.69, 9.17) is 0 Å². The summed E-state index contributed by atoms with van der Waals surface area (Å²) in [4.78, 5) is 6.89. The van der Waals surface area contributed by atoms with Gasteiger partial charge in [-0.15, -0.1) is 0 Å². The van der Waals surface area contributed by atoms with E-state index in [1.807, 2.05) is 11.8 Å². The van der Waals surface area contributed by atoms with Crippen molar-refractivity contribution in [3.8, 4) is 0 Å². The molecular formula is C8H15N3S. The van der Waals surface area contributed by atoms with Gasteiger partial charge in [-0.2, -0.15) is 0 Å². The number of hydrogen-bond donors (Lipinski definition) is 1. The lowest BCUT2D eigenvalue weighted by Crippen LogP contribution is -2.31. The minimum atomic E-state index is 1.02. The van der Waals surface area contributed by atoms with E-state index in [9.17, 15) is 0 Å². The molecule has 12 heavy (non-hydrogen) atoms. The van der Waals surface area contributed by atoms with Gasteiger partial charge in [-0.25, -0.2) is 0 Å². The molecule has 4 heteroatoms. The minimum absolute atomic E-state index is 1.02. The summed E-state index contributed by atoms with van der Waals surface area (Å²) < 4.78 is 0. The molecule has 0 amide bonds. The molecule has 2 aliphatic heterocycles. The smallest absolute Gasteiger partial charge is 0.159 e. The first-order valence-corrected chi connectivity index (χ1v) is 5.58. The molecule has 2 rings (SSSR count). The van der Waals surface area contributed by atoms with Crippen molar-refractivity contribution in [2.24, 2.45) is 4.99 Å². The fourth-order valence-corrected chi connectivity index (χ4v) is 2.47. The first-order valence-electron chi connectivity index (χ1n) is 4.60. The highest BCUT2D eigenvalue weighted by atomic mass is 32.2. The van der Waals surface area contributed by atoms with Crippen LogP contribution < -0.4 is 5.32 Å². The molecule has 0 aromatic heterocycles. The lowest BCUT2D eigenvalue weighted by atomic mass is 10.4. The summed E-state index contributed by atoms with van der Waals surface area (Å²) in [5.74, 6) is 1.18. The van der Waals surface area contributed by atoms with Crippen LogP contribution in [-0.2, 0) is 0 Å². The van der Waals surface area contributed by atoms with Crippen molar-refractivity contribution in [1.82, 2.24) is 10.2 Å². The molecule has 0 atom stereocenters. The lowest BCUT2D eigenvalue weighted by Gasteiger charge is -2.20. The third-order valence-electron chi connectivity index (χ3n) is 2.18. The van der Waals surface area contributed by atoms with Crippen molar-refractivity contribution in [3.05, 3.63) is 0 Å². The van der Waals surface area contributed by atoms with Gasteiger partial charge in [0.25, 0.3) is 0 Å². The molecule has 0 radical (unpaired) electrons. The molecule has 0 aliphatic carbocycles. The van der Waals surface area contributed by atoms with Crippen LogP contribution in [0.3, 0.4) is 0 Å². The second kappa shape index (κ2) is 4.14. The Kier molecular flexibility index (Phi) is 2.89. The van der Waals surface area contributed by atoms with Gasteiger partial charge in [-0.3, -0.25) is 4.99 Å². The fraction of sp³-hybridized carbons (Fsp3) is 0.875. The van der Waals surface area contributed by atoms with Crippen molar-refractivity contribution in [1.29, 1.82) is 0 Å². The maximum Gasteiger partial charge on any atom is 0.159 e. The van der Waals surface area contributed by atoms with Gasteiger partial charge in [0.05, 0.1) is 6.54 Å². The third-order valence-corrected chi connectivity index (χ3v) is 3.21. The first kappa shape index (κ1) is 8.38. The Morgan fingerprint density at radius 3 is 3.17 bits per heavy atom. The van der Waals surface area contributed by atoms with Crippen LogP contribution in [0.2, 0.25) is 0 Å². The van der Waals surface area contributed by atoms with E-state index in [2.05, 4.69) is 15.2 Å². The van der Waals surface area contributed by atoms with Crippen molar-refractivity contribution < 1.29 is 0 Å². The molecule has 1 saturated heterocycles. The molecule has 0 bridgehead atoms. The molecule has 0 saturated carbocycles. The van der Waals surface area contributed by atoms with Gasteiger partial charge in [-0.05, 0) is 13.0 Å². The van der Waals surface area contributed by atoms with Crippen molar-refractivity contribution in [2.45, 2.75) is 6.42 Å². The lowest BCUT2D eigenvalue weighted by molar-refractivity contribution is 0.455. The van der Waals surface area contributed by atoms with Gasteiger partial charge < -0.3 is 10.2 Å². The second-order valence-electron chi connectivity index (χ2n) is 3.10. The van der Waals surface area contributed by atoms with Crippen LogP contribution in [0, 0.1) is 0 Å². The summed E-state index contributed by atoms with van der Waals surface area (Å²) in [7, 11) is 0. The van der Waals surface area contributed by atoms with Crippen molar-refractivity contribution >= 4 is 16.9 Å². The van der Waals surface area contributed by atoms with Crippen molar-refractivity contribution in [2.75, 3.05) is 38.5 Å². The third kappa shape index (κ3) is 1.93. The Morgan fingerprint density at radius 2 is 2.33 bits per heavy atom. The molecule has 0 aromatic carbocycles. The predicted molar refractivity (Wildman–Crippen MR) is 53.8 cm³/mol. The zero-order valence-corrected chi connectivity index (χ0v) is 8.07. The Labute approximate surface area is 77.6 Å². The summed E-state index contributed by atoms with van der Waals surface area (Å²) >= 11 is 1.91. The van der Waals surface area contributed by atoms with E-state index >= 15 is 0 Å². The van der Waals surface area contributed by atoms with Gasteiger partial charge in [0, 0.05) is 25.4 Å². The maximum atomic E-state index is 4.48. The number of thioether (sulfide) groups is 1. The topological polar surface area (TPSA) is 27.6 Å². The minimum Gasteiger partial charge on any atom is -0.350 e. The van der Waals surface area contributed by atoms with Crippen LogP contribution in [-0.4, -0.2) is 48.5 Å². The summed E-state index contributed by atoms with van der Waals surface area (Å²) in [5, 5.41) is 4.67. The summed E-state index contributed by atoms with van der Waals surface area (Å²) in [6.07, 6.45) is 1.25. The predicted octanol–water partition coefficient (Wildman–Crippen LogP) is 0.385. The second-order valence-corrected chi connectivity index (χ2v) is 4.17. The van der Waals surface area contributed by atoms with Crippen LogP contribution in [0.4, 0.5) is 0 Å². The van der Waals surface area contributed by atoms with E-state index in [0.717, 1.165) is 26.2 Å². The van der Waals surface area contributed by atoms with E-state index in [0.29, 0.717) is 0 Å². The normalized spacial score (nSPS) is 25.3. The van der Waals surface area contributed by atoms with Gasteiger partial charge >= 0.3 is 0 Å². The highest BCUT2D eigenvalue weighted by molar-refractivity contribution is 8.14. The molecule has 0 aromatic rings. The largest absolute Gasteiger partial charge is 0.350 e. The van der Waals surface area contributed by atoms with Crippen LogP contribution in [0.5, 0.6) is 0 Å². The zero-order chi connectivity index (χ0) is 8.23. The van der Waals surface area contributed by atoms with Crippen LogP contribution in [0.25, 0.3) is 0 Å². The highest BCUT2D eigenvalue weighted by Crippen LogP contribution is 2.15. The van der Waals surface area contributed by atoms with Crippen LogP contribution >= 0.6 is 11.8 Å². The molecule has 2 heterocycles. The first-order chi connectivity index (χ1) is 5.97.